The largest absolute Gasteiger partial charge is 0.491 e. The molecule has 0 spiro atoms. The van der Waals surface area contributed by atoms with E-state index in [1.165, 1.54) is 54.6 Å². The molecule has 0 unspecified atom stereocenters. The van der Waals surface area contributed by atoms with Gasteiger partial charge in [-0.1, -0.05) is 24.3 Å². The minimum absolute atomic E-state index is 0.0171. The number of hydrogen-bond donors (Lipinski definition) is 11. The smallest absolute Gasteiger partial charge is 0.303 e. The lowest BCUT2D eigenvalue weighted by atomic mass is 10.1. The second-order valence-electron chi connectivity index (χ2n) is 18.4. The van der Waals surface area contributed by atoms with E-state index >= 15 is 0 Å². The van der Waals surface area contributed by atoms with E-state index in [4.69, 9.17) is 10.5 Å². The molecule has 1 aromatic heterocycles. The van der Waals surface area contributed by atoms with E-state index in [9.17, 15) is 61.8 Å². The van der Waals surface area contributed by atoms with Gasteiger partial charge in [0.2, 0.25) is 17.8 Å². The number of benzene rings is 7. The van der Waals surface area contributed by atoms with Crippen LogP contribution < -0.4 is 37.1 Å². The van der Waals surface area contributed by atoms with Gasteiger partial charge in [-0.15, -0.1) is 10.2 Å². The third kappa shape index (κ3) is 17.1. The van der Waals surface area contributed by atoms with Gasteiger partial charge in [0.05, 0.1) is 33.5 Å². The van der Waals surface area contributed by atoms with Gasteiger partial charge in [-0.3, -0.25) is 23.0 Å². The molecule has 0 atom stereocenters. The molecule has 1 heterocycles. The molecule has 85 heavy (non-hydrogen) atoms. The Balaban J connectivity index is 1.07. The highest BCUT2D eigenvalue weighted by atomic mass is 32.2. The van der Waals surface area contributed by atoms with Gasteiger partial charge in [0, 0.05) is 54.0 Å². The number of nitrogens with zero attached hydrogens (tertiary/aromatic N) is 7. The van der Waals surface area contributed by atoms with Crippen LogP contribution >= 0.6 is 0 Å². The summed E-state index contributed by atoms with van der Waals surface area (Å²) in [5.41, 5.74) is 10.3. The number of hydrogen-bond acceptors (Lipinski definition) is 23. The Morgan fingerprint density at radius 1 is 0.494 bits per heavy atom. The highest BCUT2D eigenvalue weighted by Gasteiger charge is 2.21. The van der Waals surface area contributed by atoms with E-state index in [-0.39, 0.29) is 93.5 Å². The molecule has 28 nitrogen and oxygen atoms in total. The first-order valence-electron chi connectivity index (χ1n) is 24.8. The number of rotatable bonds is 25. The second-order valence-corrected chi connectivity index (χ2v) is 24.0. The van der Waals surface area contributed by atoms with Crippen LogP contribution in [0.15, 0.2) is 180 Å². The Bertz CT molecular complexity index is 4350. The van der Waals surface area contributed by atoms with Crippen molar-refractivity contribution in [1.29, 1.82) is 0 Å². The standard InChI is InChI=1S/C53H51N13O15S4/c1-31-24-37(13-20-42(31)63-64-43-21-14-38(26-48(43)84(75,76)77)56-35-9-16-40(17-10-35)82(69,70)71)58-52-60-51(55-30-34-7-5-33(29-54)6-8-34)61-53(62-52)59-46-25-32(2)45(28-47(46)81-23-3-4-50(67)68)66-65-44-22-15-39(27-49(44)85(78,79)80)57-36-11-18-41(19-12-36)83(72,73)74/h5-22,24-28,56-57H,3-4,23,29-30,54H2,1-2H3,(H,67,68)(H,69,70,71)(H,72,73,74)(H,75,76,77)(H,78,79,80)(H3,55,58,59,60,61,62)/b64-63?,66-65-. The number of nitrogens with two attached hydrogens (primary N) is 1. The van der Waals surface area contributed by atoms with E-state index < -0.39 is 56.2 Å². The summed E-state index contributed by atoms with van der Waals surface area (Å²) in [5.74, 6) is -0.817. The number of ether oxygens (including phenoxy) is 1. The predicted molar refractivity (Wildman–Crippen MR) is 313 cm³/mol. The number of azo groups is 2. The van der Waals surface area contributed by atoms with Crippen LogP contribution in [0.1, 0.15) is 35.1 Å². The number of carbonyl (C=O) groups is 1. The Morgan fingerprint density at radius 3 is 1.41 bits per heavy atom. The molecular weight excluding hydrogens is 1190 g/mol. The Kier molecular flexibility index (Phi) is 18.9. The van der Waals surface area contributed by atoms with Crippen LogP contribution in [0, 0.1) is 13.8 Å². The summed E-state index contributed by atoms with van der Waals surface area (Å²) < 4.78 is 141. The van der Waals surface area contributed by atoms with Gasteiger partial charge in [0.1, 0.15) is 26.9 Å². The van der Waals surface area contributed by atoms with Gasteiger partial charge in [-0.2, -0.15) is 58.9 Å². The fourth-order valence-electron chi connectivity index (χ4n) is 7.78. The summed E-state index contributed by atoms with van der Waals surface area (Å²) in [7, 11) is -18.7. The summed E-state index contributed by atoms with van der Waals surface area (Å²) in [4.78, 5) is 23.3. The Hall–Kier alpha value is -9.38. The Labute approximate surface area is 486 Å². The number of nitrogens with one attached hydrogen (secondary N) is 5. The molecule has 12 N–H and O–H groups in total. The average molecular weight is 1240 g/mol. The number of anilines is 9. The number of aryl methyl sites for hydroxylation is 2. The summed E-state index contributed by atoms with van der Waals surface area (Å²) in [6.45, 7) is 3.90. The number of aliphatic carboxylic acids is 1. The SMILES string of the molecule is Cc1cc(Nc2nc(NCc3ccc(CN)cc3)nc(Nc3cc(C)c(/N=N\c4ccc(Nc5ccc(S(=O)(=O)O)cc5)cc4S(=O)(=O)O)cc3OCCCC(=O)O)n2)ccc1N=Nc1ccc(Nc2ccc(S(=O)(=O)O)cc2)cc1S(=O)(=O)O. The van der Waals surface area contributed by atoms with Crippen molar-refractivity contribution in [2.24, 2.45) is 26.2 Å². The van der Waals surface area contributed by atoms with E-state index in [1.807, 2.05) is 24.3 Å². The topological polar surface area (TPSA) is 438 Å². The maximum atomic E-state index is 12.6. The minimum Gasteiger partial charge on any atom is -0.491 e. The van der Waals surface area contributed by atoms with Crippen molar-refractivity contribution in [3.63, 3.8) is 0 Å². The van der Waals surface area contributed by atoms with E-state index in [0.29, 0.717) is 40.4 Å². The molecule has 0 saturated carbocycles. The van der Waals surface area contributed by atoms with Gasteiger partial charge in [-0.05, 0) is 152 Å². The lowest BCUT2D eigenvalue weighted by Gasteiger charge is -2.16. The van der Waals surface area contributed by atoms with Crippen molar-refractivity contribution < 1.29 is 66.5 Å². The maximum absolute atomic E-state index is 12.6. The van der Waals surface area contributed by atoms with Gasteiger partial charge in [-0.25, -0.2) is 0 Å². The molecule has 0 fully saturated rings. The fraction of sp³-hybridized carbons (Fsp3) is 0.132. The Morgan fingerprint density at radius 2 is 0.929 bits per heavy atom. The molecule has 0 saturated heterocycles. The summed E-state index contributed by atoms with van der Waals surface area (Å²) in [5, 5.41) is 41.4. The van der Waals surface area contributed by atoms with Crippen LogP contribution in [-0.2, 0) is 58.4 Å². The normalized spacial score (nSPS) is 12.1. The van der Waals surface area contributed by atoms with Gasteiger partial charge in [0.25, 0.3) is 40.5 Å². The lowest BCUT2D eigenvalue weighted by molar-refractivity contribution is -0.137. The van der Waals surface area contributed by atoms with Crippen LogP contribution in [-0.4, -0.2) is 84.5 Å². The molecule has 8 rings (SSSR count). The molecule has 0 aliphatic heterocycles. The van der Waals surface area contributed by atoms with Crippen LogP contribution in [0.3, 0.4) is 0 Å². The highest BCUT2D eigenvalue weighted by molar-refractivity contribution is 7.86. The monoisotopic (exact) mass is 1240 g/mol. The first kappa shape index (κ1) is 61.7. The van der Waals surface area contributed by atoms with E-state index in [1.54, 1.807) is 38.1 Å². The first-order chi connectivity index (χ1) is 40.2. The van der Waals surface area contributed by atoms with Crippen molar-refractivity contribution in [3.05, 3.63) is 162 Å². The number of aromatic nitrogens is 3. The lowest BCUT2D eigenvalue weighted by Crippen LogP contribution is -2.10. The molecular formula is C53H51N13O15S4. The highest BCUT2D eigenvalue weighted by Crippen LogP contribution is 2.38. The van der Waals surface area contributed by atoms with Crippen LogP contribution in [0.25, 0.3) is 0 Å². The average Bonchev–Trinajstić information content (AvgIpc) is 2.84. The molecule has 0 aliphatic carbocycles. The zero-order valence-corrected chi connectivity index (χ0v) is 47.7. The predicted octanol–water partition coefficient (Wildman–Crippen LogP) is 10.6. The summed E-state index contributed by atoms with van der Waals surface area (Å²) >= 11 is 0. The van der Waals surface area contributed by atoms with Crippen molar-refractivity contribution >= 4 is 121 Å². The number of carboxylic acids is 1. The molecule has 7 aromatic carbocycles. The van der Waals surface area contributed by atoms with Crippen LogP contribution in [0.2, 0.25) is 0 Å². The zero-order chi connectivity index (χ0) is 61.3. The first-order valence-corrected chi connectivity index (χ1v) is 30.6. The molecule has 8 aromatic rings. The second kappa shape index (κ2) is 26.0. The molecule has 0 amide bonds. The van der Waals surface area contributed by atoms with Gasteiger partial charge >= 0.3 is 5.97 Å². The summed E-state index contributed by atoms with van der Waals surface area (Å²) in [6, 6.07) is 33.0. The van der Waals surface area contributed by atoms with Gasteiger partial charge in [0.15, 0.2) is 0 Å². The van der Waals surface area contributed by atoms with Crippen molar-refractivity contribution in [3.8, 4) is 5.75 Å². The summed E-state index contributed by atoms with van der Waals surface area (Å²) in [6.07, 6.45) is -0.122. The third-order valence-electron chi connectivity index (χ3n) is 12.0. The molecule has 0 radical (unpaired) electrons. The van der Waals surface area contributed by atoms with Crippen molar-refractivity contribution in [2.45, 2.75) is 59.4 Å². The van der Waals surface area contributed by atoms with E-state index in [2.05, 4.69) is 62.0 Å². The van der Waals surface area contributed by atoms with Crippen molar-refractivity contribution in [1.82, 2.24) is 15.0 Å². The molecule has 442 valence electrons. The van der Waals surface area contributed by atoms with Crippen LogP contribution in [0.4, 0.5) is 74.7 Å². The van der Waals surface area contributed by atoms with Crippen LogP contribution in [0.5, 0.6) is 5.75 Å². The molecule has 32 heteroatoms. The number of carboxylic acid groups (broad SMARTS) is 1. The zero-order valence-electron chi connectivity index (χ0n) is 44.5. The van der Waals surface area contributed by atoms with Crippen molar-refractivity contribution in [2.75, 3.05) is 33.2 Å². The molecule has 0 bridgehead atoms. The quantitative estimate of drug-likeness (QED) is 0.0144. The fourth-order valence-corrected chi connectivity index (χ4v) is 10.0. The maximum Gasteiger partial charge on any atom is 0.303 e. The molecule has 0 aliphatic rings. The van der Waals surface area contributed by atoms with E-state index in [0.717, 1.165) is 47.5 Å². The third-order valence-corrected chi connectivity index (χ3v) is 15.5. The van der Waals surface area contributed by atoms with Gasteiger partial charge < -0.3 is 42.2 Å². The minimum atomic E-state index is -4.91.